The van der Waals surface area contributed by atoms with Gasteiger partial charge in [-0.3, -0.25) is 4.79 Å². The molecule has 1 aromatic carbocycles. The van der Waals surface area contributed by atoms with E-state index in [1.54, 1.807) is 0 Å². The third kappa shape index (κ3) is 4.06. The van der Waals surface area contributed by atoms with Crippen molar-refractivity contribution in [3.8, 4) is 0 Å². The quantitative estimate of drug-likeness (QED) is 0.827. The van der Waals surface area contributed by atoms with Crippen LogP contribution in [-0.2, 0) is 0 Å². The molecule has 1 amide bonds. The first kappa shape index (κ1) is 14.1. The van der Waals surface area contributed by atoms with Crippen molar-refractivity contribution in [2.24, 2.45) is 0 Å². The highest BCUT2D eigenvalue weighted by Crippen LogP contribution is 2.20. The molecule has 0 aliphatic heterocycles. The number of halogens is 2. The van der Waals surface area contributed by atoms with Crippen molar-refractivity contribution in [2.45, 2.75) is 32.1 Å². The van der Waals surface area contributed by atoms with Crippen molar-refractivity contribution in [1.29, 1.82) is 0 Å². The lowest BCUT2D eigenvalue weighted by molar-refractivity contribution is 0.0954. The van der Waals surface area contributed by atoms with Gasteiger partial charge in [-0.15, -0.1) is 0 Å². The summed E-state index contributed by atoms with van der Waals surface area (Å²) in [6.07, 6.45) is 7.93. The van der Waals surface area contributed by atoms with E-state index in [1.165, 1.54) is 30.5 Å². The van der Waals surface area contributed by atoms with Crippen molar-refractivity contribution in [1.82, 2.24) is 5.32 Å². The molecule has 1 aliphatic carbocycles. The van der Waals surface area contributed by atoms with Gasteiger partial charge >= 0.3 is 0 Å². The highest BCUT2D eigenvalue weighted by Gasteiger charge is 2.11. The van der Waals surface area contributed by atoms with Crippen LogP contribution < -0.4 is 5.32 Å². The Morgan fingerprint density at radius 3 is 2.89 bits per heavy atom. The lowest BCUT2D eigenvalue weighted by Crippen LogP contribution is -2.25. The lowest BCUT2D eigenvalue weighted by Gasteiger charge is -2.13. The van der Waals surface area contributed by atoms with Gasteiger partial charge in [0.25, 0.3) is 5.91 Å². The van der Waals surface area contributed by atoms with Crippen LogP contribution in [0, 0.1) is 5.82 Å². The Balaban J connectivity index is 1.85. The summed E-state index contributed by atoms with van der Waals surface area (Å²) < 4.78 is 12.9. The standard InChI is InChI=1S/C15H17ClFNO/c16-14-10-12(17)6-7-13(14)15(19)18-9-8-11-4-2-1-3-5-11/h4,6-7,10H,1-3,5,8-9H2,(H,18,19). The summed E-state index contributed by atoms with van der Waals surface area (Å²) in [6.45, 7) is 0.596. The Bertz CT molecular complexity index is 499. The van der Waals surface area contributed by atoms with Crippen molar-refractivity contribution >= 4 is 17.5 Å². The van der Waals surface area contributed by atoms with Gasteiger partial charge in [0.15, 0.2) is 0 Å². The molecule has 102 valence electrons. The zero-order chi connectivity index (χ0) is 13.7. The number of allylic oxidation sites excluding steroid dienone is 1. The van der Waals surface area contributed by atoms with Crippen LogP contribution >= 0.6 is 11.6 Å². The molecule has 0 saturated heterocycles. The highest BCUT2D eigenvalue weighted by molar-refractivity contribution is 6.33. The fourth-order valence-corrected chi connectivity index (χ4v) is 2.49. The first-order valence-electron chi connectivity index (χ1n) is 6.58. The van der Waals surface area contributed by atoms with E-state index in [9.17, 15) is 9.18 Å². The molecular weight excluding hydrogens is 265 g/mol. The van der Waals surface area contributed by atoms with E-state index in [0.717, 1.165) is 25.3 Å². The van der Waals surface area contributed by atoms with Crippen molar-refractivity contribution in [3.63, 3.8) is 0 Å². The first-order chi connectivity index (χ1) is 9.16. The number of benzene rings is 1. The average Bonchev–Trinajstić information content (AvgIpc) is 2.39. The normalized spacial score (nSPS) is 14.9. The van der Waals surface area contributed by atoms with Gasteiger partial charge < -0.3 is 5.32 Å². The van der Waals surface area contributed by atoms with Gasteiger partial charge in [-0.25, -0.2) is 4.39 Å². The Morgan fingerprint density at radius 2 is 2.21 bits per heavy atom. The van der Waals surface area contributed by atoms with E-state index in [2.05, 4.69) is 11.4 Å². The Labute approximate surface area is 117 Å². The zero-order valence-corrected chi connectivity index (χ0v) is 11.5. The number of amides is 1. The molecule has 0 saturated carbocycles. The van der Waals surface area contributed by atoms with Crippen LogP contribution in [0.5, 0.6) is 0 Å². The minimum Gasteiger partial charge on any atom is -0.352 e. The van der Waals surface area contributed by atoms with E-state index in [0.29, 0.717) is 12.1 Å². The van der Waals surface area contributed by atoms with Gasteiger partial charge in [-0.1, -0.05) is 23.3 Å². The fraction of sp³-hybridized carbons (Fsp3) is 0.400. The summed E-state index contributed by atoms with van der Waals surface area (Å²) in [6, 6.07) is 3.80. The molecule has 0 unspecified atom stereocenters. The molecule has 1 aliphatic rings. The van der Waals surface area contributed by atoms with Crippen LogP contribution in [0.25, 0.3) is 0 Å². The minimum absolute atomic E-state index is 0.148. The summed E-state index contributed by atoms with van der Waals surface area (Å²) in [4.78, 5) is 11.9. The van der Waals surface area contributed by atoms with Gasteiger partial charge in [-0.2, -0.15) is 0 Å². The molecule has 1 N–H and O–H groups in total. The van der Waals surface area contributed by atoms with E-state index in [-0.39, 0.29) is 10.9 Å². The lowest BCUT2D eigenvalue weighted by atomic mass is 9.97. The second-order valence-corrected chi connectivity index (χ2v) is 5.15. The maximum atomic E-state index is 12.9. The SMILES string of the molecule is O=C(NCCC1=CCCCC1)c1ccc(F)cc1Cl. The second-order valence-electron chi connectivity index (χ2n) is 4.74. The van der Waals surface area contributed by atoms with Crippen LogP contribution in [0.3, 0.4) is 0 Å². The number of nitrogens with one attached hydrogen (secondary N) is 1. The van der Waals surface area contributed by atoms with Crippen LogP contribution in [0.2, 0.25) is 5.02 Å². The summed E-state index contributed by atoms with van der Waals surface area (Å²) >= 11 is 5.84. The Morgan fingerprint density at radius 1 is 1.37 bits per heavy atom. The van der Waals surface area contributed by atoms with Crippen molar-refractivity contribution in [2.75, 3.05) is 6.54 Å². The molecule has 0 aromatic heterocycles. The summed E-state index contributed by atoms with van der Waals surface area (Å²) in [5, 5.41) is 2.97. The maximum absolute atomic E-state index is 12.9. The predicted molar refractivity (Wildman–Crippen MR) is 74.9 cm³/mol. The molecular formula is C15H17ClFNO. The molecule has 19 heavy (non-hydrogen) atoms. The summed E-state index contributed by atoms with van der Waals surface area (Å²) in [7, 11) is 0. The fourth-order valence-electron chi connectivity index (χ4n) is 2.24. The van der Waals surface area contributed by atoms with Gasteiger partial charge in [0.1, 0.15) is 5.82 Å². The summed E-state index contributed by atoms with van der Waals surface area (Å²) in [5.41, 5.74) is 1.73. The largest absolute Gasteiger partial charge is 0.352 e. The molecule has 2 nitrogen and oxygen atoms in total. The maximum Gasteiger partial charge on any atom is 0.252 e. The molecule has 0 bridgehead atoms. The number of rotatable bonds is 4. The number of hydrogen-bond acceptors (Lipinski definition) is 1. The third-order valence-corrected chi connectivity index (χ3v) is 3.61. The van der Waals surface area contributed by atoms with Gasteiger partial charge in [0.05, 0.1) is 10.6 Å². The van der Waals surface area contributed by atoms with Gasteiger partial charge in [0.2, 0.25) is 0 Å². The van der Waals surface area contributed by atoms with E-state index < -0.39 is 5.82 Å². The van der Waals surface area contributed by atoms with Gasteiger partial charge in [-0.05, 0) is 50.3 Å². The van der Waals surface area contributed by atoms with Crippen LogP contribution in [0.1, 0.15) is 42.5 Å². The number of carbonyl (C=O) groups is 1. The van der Waals surface area contributed by atoms with Crippen LogP contribution in [0.4, 0.5) is 4.39 Å². The van der Waals surface area contributed by atoms with E-state index >= 15 is 0 Å². The molecule has 0 fully saturated rings. The topological polar surface area (TPSA) is 29.1 Å². The number of hydrogen-bond donors (Lipinski definition) is 1. The zero-order valence-electron chi connectivity index (χ0n) is 10.7. The molecule has 0 radical (unpaired) electrons. The molecule has 0 heterocycles. The van der Waals surface area contributed by atoms with E-state index in [1.807, 2.05) is 0 Å². The van der Waals surface area contributed by atoms with Crippen molar-refractivity contribution in [3.05, 3.63) is 46.3 Å². The Hall–Kier alpha value is -1.35. The smallest absolute Gasteiger partial charge is 0.252 e. The molecule has 0 atom stereocenters. The average molecular weight is 282 g/mol. The highest BCUT2D eigenvalue weighted by atomic mass is 35.5. The van der Waals surface area contributed by atoms with Crippen molar-refractivity contribution < 1.29 is 9.18 Å². The van der Waals surface area contributed by atoms with E-state index in [4.69, 9.17) is 11.6 Å². The Kier molecular flexibility index (Phi) is 4.97. The number of carbonyl (C=O) groups excluding carboxylic acids is 1. The molecule has 2 rings (SSSR count). The first-order valence-corrected chi connectivity index (χ1v) is 6.96. The molecule has 1 aromatic rings. The monoisotopic (exact) mass is 281 g/mol. The second kappa shape index (κ2) is 6.71. The summed E-state index contributed by atoms with van der Waals surface area (Å²) in [5.74, 6) is -0.685. The molecule has 0 spiro atoms. The molecule has 4 heteroatoms. The van der Waals surface area contributed by atoms with Crippen LogP contribution in [0.15, 0.2) is 29.8 Å². The predicted octanol–water partition coefficient (Wildman–Crippen LogP) is 4.10. The van der Waals surface area contributed by atoms with Crippen LogP contribution in [-0.4, -0.2) is 12.5 Å². The third-order valence-electron chi connectivity index (χ3n) is 3.29. The minimum atomic E-state index is -0.436. The van der Waals surface area contributed by atoms with Gasteiger partial charge in [0, 0.05) is 6.54 Å².